The summed E-state index contributed by atoms with van der Waals surface area (Å²) < 4.78 is 2.10. The molecule has 6 rings (SSSR count). The highest BCUT2D eigenvalue weighted by molar-refractivity contribution is 6.09. The van der Waals surface area contributed by atoms with Crippen LogP contribution in [0.2, 0.25) is 0 Å². The molecular formula is C21H24N6O2. The Morgan fingerprint density at radius 2 is 2.14 bits per heavy atom. The molecule has 1 aromatic heterocycles. The van der Waals surface area contributed by atoms with Crippen LogP contribution in [0.5, 0.6) is 0 Å². The molecule has 5 heterocycles. The summed E-state index contributed by atoms with van der Waals surface area (Å²) in [6.45, 7) is 2.12. The van der Waals surface area contributed by atoms with Crippen molar-refractivity contribution in [2.75, 3.05) is 11.9 Å². The van der Waals surface area contributed by atoms with Gasteiger partial charge in [0.25, 0.3) is 0 Å². The molecule has 3 atom stereocenters. The van der Waals surface area contributed by atoms with Crippen molar-refractivity contribution in [2.24, 2.45) is 5.92 Å². The fourth-order valence-corrected chi connectivity index (χ4v) is 6.01. The van der Waals surface area contributed by atoms with Crippen LogP contribution in [-0.4, -0.2) is 44.1 Å². The zero-order valence-corrected chi connectivity index (χ0v) is 16.2. The number of rotatable bonds is 3. The zero-order valence-electron chi connectivity index (χ0n) is 16.2. The molecule has 4 aliphatic rings. The minimum Gasteiger partial charge on any atom is -0.348 e. The molecule has 2 aromatic rings. The summed E-state index contributed by atoms with van der Waals surface area (Å²) >= 11 is 0. The first kappa shape index (κ1) is 17.1. The van der Waals surface area contributed by atoms with Crippen molar-refractivity contribution in [2.45, 2.75) is 56.8 Å². The third-order valence-electron chi connectivity index (χ3n) is 7.20. The van der Waals surface area contributed by atoms with Crippen molar-refractivity contribution in [3.63, 3.8) is 0 Å². The molecule has 0 unspecified atom stereocenters. The molecule has 2 amide bonds. The van der Waals surface area contributed by atoms with Crippen LogP contribution in [0.3, 0.4) is 0 Å². The predicted molar refractivity (Wildman–Crippen MR) is 105 cm³/mol. The van der Waals surface area contributed by atoms with Crippen LogP contribution in [0.15, 0.2) is 24.3 Å². The van der Waals surface area contributed by atoms with E-state index >= 15 is 0 Å². The van der Waals surface area contributed by atoms with E-state index in [9.17, 15) is 9.59 Å². The number of carbonyl (C=O) groups excluding carboxylic acids is 2. The molecule has 8 nitrogen and oxygen atoms in total. The third kappa shape index (κ3) is 2.23. The summed E-state index contributed by atoms with van der Waals surface area (Å²) in [5, 5.41) is 14.6. The first-order chi connectivity index (χ1) is 14.2. The van der Waals surface area contributed by atoms with Gasteiger partial charge in [-0.2, -0.15) is 0 Å². The van der Waals surface area contributed by atoms with E-state index in [4.69, 9.17) is 0 Å². The van der Waals surface area contributed by atoms with Gasteiger partial charge in [0.15, 0.2) is 5.82 Å². The van der Waals surface area contributed by atoms with Gasteiger partial charge in [0.2, 0.25) is 11.8 Å². The van der Waals surface area contributed by atoms with Gasteiger partial charge < -0.3 is 15.2 Å². The van der Waals surface area contributed by atoms with Crippen molar-refractivity contribution in [1.29, 1.82) is 0 Å². The van der Waals surface area contributed by atoms with Gasteiger partial charge in [-0.3, -0.25) is 14.5 Å². The zero-order chi connectivity index (χ0) is 19.6. The van der Waals surface area contributed by atoms with Gasteiger partial charge in [0.05, 0.1) is 12.5 Å². The standard InChI is InChI=1S/C21H24N6O2/c28-19(22-12-18-25-24-17-8-4-9-26(17)18)15-11-13-5-3-10-27(13)21(15)14-6-1-2-7-16(14)23-20(21)29/h1-2,6-7,13,15H,3-5,8-12H2,(H,22,28)(H,23,29)/t13-,15+,21+/m1/s1. The quantitative estimate of drug-likeness (QED) is 0.818. The second kappa shape index (κ2) is 6.13. The molecule has 4 aliphatic heterocycles. The van der Waals surface area contributed by atoms with E-state index in [0.29, 0.717) is 13.0 Å². The van der Waals surface area contributed by atoms with Gasteiger partial charge in [0, 0.05) is 30.3 Å². The highest BCUT2D eigenvalue weighted by Gasteiger charge is 2.65. The van der Waals surface area contributed by atoms with Gasteiger partial charge in [-0.15, -0.1) is 10.2 Å². The molecule has 29 heavy (non-hydrogen) atoms. The van der Waals surface area contributed by atoms with Gasteiger partial charge in [-0.25, -0.2) is 0 Å². The number of aryl methyl sites for hydroxylation is 1. The average molecular weight is 392 g/mol. The first-order valence-corrected chi connectivity index (χ1v) is 10.6. The third-order valence-corrected chi connectivity index (χ3v) is 7.20. The molecule has 1 aromatic carbocycles. The van der Waals surface area contributed by atoms with E-state index in [1.165, 1.54) is 0 Å². The van der Waals surface area contributed by atoms with Crippen LogP contribution in [0.4, 0.5) is 5.69 Å². The van der Waals surface area contributed by atoms with Crippen molar-refractivity contribution >= 4 is 17.5 Å². The summed E-state index contributed by atoms with van der Waals surface area (Å²) in [5.41, 5.74) is 0.880. The molecule has 0 aliphatic carbocycles. The number of nitrogens with one attached hydrogen (secondary N) is 2. The Kier molecular flexibility index (Phi) is 3.62. The molecule has 2 N–H and O–H groups in total. The summed E-state index contributed by atoms with van der Waals surface area (Å²) in [6, 6.07) is 8.09. The topological polar surface area (TPSA) is 92.2 Å². The van der Waals surface area contributed by atoms with Gasteiger partial charge in [0.1, 0.15) is 11.4 Å². The normalized spacial score (nSPS) is 29.7. The molecule has 150 valence electrons. The molecular weight excluding hydrogens is 368 g/mol. The van der Waals surface area contributed by atoms with E-state index in [1.54, 1.807) is 0 Å². The number of fused-ring (bicyclic) bond motifs is 5. The minimum atomic E-state index is -0.894. The number of nitrogens with zero attached hydrogens (tertiary/aromatic N) is 4. The number of anilines is 1. The average Bonchev–Trinajstić information content (AvgIpc) is 3.49. The number of amides is 2. The lowest BCUT2D eigenvalue weighted by Crippen LogP contribution is -2.54. The Morgan fingerprint density at radius 1 is 1.24 bits per heavy atom. The van der Waals surface area contributed by atoms with Crippen molar-refractivity contribution in [3.8, 4) is 0 Å². The molecule has 0 saturated carbocycles. The Morgan fingerprint density at radius 3 is 3.07 bits per heavy atom. The van der Waals surface area contributed by atoms with E-state index < -0.39 is 11.5 Å². The smallest absolute Gasteiger partial charge is 0.250 e. The highest BCUT2D eigenvalue weighted by atomic mass is 16.2. The van der Waals surface area contributed by atoms with Gasteiger partial charge in [-0.05, 0) is 38.3 Å². The molecule has 0 radical (unpaired) electrons. The Balaban J connectivity index is 1.33. The Hall–Kier alpha value is -2.74. The lowest BCUT2D eigenvalue weighted by Gasteiger charge is -2.36. The summed E-state index contributed by atoms with van der Waals surface area (Å²) in [7, 11) is 0. The van der Waals surface area contributed by atoms with Crippen LogP contribution in [0.25, 0.3) is 0 Å². The lowest BCUT2D eigenvalue weighted by molar-refractivity contribution is -0.137. The van der Waals surface area contributed by atoms with Gasteiger partial charge >= 0.3 is 0 Å². The monoisotopic (exact) mass is 392 g/mol. The van der Waals surface area contributed by atoms with Crippen LogP contribution in [-0.2, 0) is 34.6 Å². The second-order valence-electron chi connectivity index (χ2n) is 8.55. The maximum atomic E-state index is 13.4. The van der Waals surface area contributed by atoms with Crippen LogP contribution >= 0.6 is 0 Å². The van der Waals surface area contributed by atoms with E-state index in [0.717, 1.165) is 61.7 Å². The van der Waals surface area contributed by atoms with Crippen LogP contribution in [0.1, 0.15) is 42.9 Å². The van der Waals surface area contributed by atoms with Crippen molar-refractivity contribution in [3.05, 3.63) is 41.5 Å². The fourth-order valence-electron chi connectivity index (χ4n) is 6.01. The Labute approximate surface area is 168 Å². The number of carbonyl (C=O) groups is 2. The largest absolute Gasteiger partial charge is 0.348 e. The second-order valence-corrected chi connectivity index (χ2v) is 8.55. The predicted octanol–water partition coefficient (Wildman–Crippen LogP) is 1.17. The van der Waals surface area contributed by atoms with Crippen LogP contribution < -0.4 is 10.6 Å². The summed E-state index contributed by atoms with van der Waals surface area (Å²) in [4.78, 5) is 29.0. The summed E-state index contributed by atoms with van der Waals surface area (Å²) in [5.74, 6) is 1.26. The molecule has 0 bridgehead atoms. The van der Waals surface area contributed by atoms with E-state index in [-0.39, 0.29) is 17.9 Å². The van der Waals surface area contributed by atoms with Gasteiger partial charge in [-0.1, -0.05) is 18.2 Å². The minimum absolute atomic E-state index is 0.0633. The molecule has 2 fully saturated rings. The van der Waals surface area contributed by atoms with E-state index in [2.05, 4.69) is 30.3 Å². The number of benzene rings is 1. The van der Waals surface area contributed by atoms with Crippen molar-refractivity contribution < 1.29 is 9.59 Å². The number of hydrogen-bond donors (Lipinski definition) is 2. The molecule has 1 spiro atoms. The number of aromatic nitrogens is 3. The molecule has 2 saturated heterocycles. The fraction of sp³-hybridized carbons (Fsp3) is 0.524. The first-order valence-electron chi connectivity index (χ1n) is 10.6. The lowest BCUT2D eigenvalue weighted by atomic mass is 9.78. The molecule has 8 heteroatoms. The number of para-hydroxylation sites is 1. The summed E-state index contributed by atoms with van der Waals surface area (Å²) in [6.07, 6.45) is 4.84. The maximum Gasteiger partial charge on any atom is 0.250 e. The SMILES string of the molecule is O=C(NCc1nnc2n1CCC2)[C@@H]1C[C@H]2CCCN2[C@]12C(=O)Nc1ccccc12. The Bertz CT molecular complexity index is 1020. The maximum absolute atomic E-state index is 13.4. The van der Waals surface area contributed by atoms with Crippen LogP contribution in [0, 0.1) is 5.92 Å². The van der Waals surface area contributed by atoms with E-state index in [1.807, 2.05) is 24.3 Å². The number of hydrogen-bond acceptors (Lipinski definition) is 5. The highest BCUT2D eigenvalue weighted by Crippen LogP contribution is 2.55. The van der Waals surface area contributed by atoms with Crippen molar-refractivity contribution in [1.82, 2.24) is 25.0 Å².